The predicted molar refractivity (Wildman–Crippen MR) is 94.9 cm³/mol. The average molecular weight is 354 g/mol. The molecule has 6 heteroatoms. The van der Waals surface area contributed by atoms with Crippen molar-refractivity contribution in [2.75, 3.05) is 6.61 Å². The molecule has 1 unspecified atom stereocenters. The largest absolute Gasteiger partial charge is 0.396 e. The minimum Gasteiger partial charge on any atom is -0.396 e. The molecule has 0 aromatic heterocycles. The summed E-state index contributed by atoms with van der Waals surface area (Å²) < 4.78 is 0. The van der Waals surface area contributed by atoms with Gasteiger partial charge in [0.15, 0.2) is 0 Å². The van der Waals surface area contributed by atoms with Crippen LogP contribution in [0.5, 0.6) is 0 Å². The summed E-state index contributed by atoms with van der Waals surface area (Å²) in [6.07, 6.45) is 4.07. The highest BCUT2D eigenvalue weighted by molar-refractivity contribution is 6.05. The van der Waals surface area contributed by atoms with Crippen molar-refractivity contribution in [3.05, 3.63) is 34.9 Å². The molecule has 2 N–H and O–H groups in total. The van der Waals surface area contributed by atoms with Gasteiger partial charge in [-0.05, 0) is 37.0 Å². The number of carbonyl (C=O) groups is 3. The Morgan fingerprint density at radius 2 is 2.04 bits per heavy atom. The average Bonchev–Trinajstić information content (AvgIpc) is 2.94. The first-order valence-electron chi connectivity index (χ1n) is 8.97. The molecule has 136 valence electrons. The van der Waals surface area contributed by atoms with Crippen molar-refractivity contribution in [2.24, 2.45) is 0 Å². The lowest BCUT2D eigenvalue weighted by molar-refractivity contribution is -0.136. The van der Waals surface area contributed by atoms with E-state index < -0.39 is 11.9 Å². The number of hydrogen-bond acceptors (Lipinski definition) is 4. The number of aliphatic hydroxyl groups is 1. The molecule has 0 saturated carbocycles. The van der Waals surface area contributed by atoms with Gasteiger partial charge in [0.25, 0.3) is 5.91 Å². The maximum absolute atomic E-state index is 12.7. The number of rotatable bonds is 5. The van der Waals surface area contributed by atoms with E-state index in [1.807, 2.05) is 12.1 Å². The second kappa shape index (κ2) is 8.15. The molecule has 1 atom stereocenters. The van der Waals surface area contributed by atoms with Gasteiger partial charge in [-0.3, -0.25) is 19.7 Å². The van der Waals surface area contributed by atoms with Crippen molar-refractivity contribution < 1.29 is 19.5 Å². The van der Waals surface area contributed by atoms with Crippen LogP contribution in [0, 0.1) is 11.8 Å². The van der Waals surface area contributed by atoms with Crippen LogP contribution in [-0.4, -0.2) is 40.4 Å². The number of imide groups is 1. The topological polar surface area (TPSA) is 86.7 Å². The number of benzene rings is 1. The monoisotopic (exact) mass is 354 g/mol. The molecule has 1 aromatic carbocycles. The van der Waals surface area contributed by atoms with Crippen molar-refractivity contribution in [1.29, 1.82) is 0 Å². The molecule has 2 aliphatic heterocycles. The van der Waals surface area contributed by atoms with E-state index in [4.69, 9.17) is 5.11 Å². The summed E-state index contributed by atoms with van der Waals surface area (Å²) in [4.78, 5) is 37.6. The van der Waals surface area contributed by atoms with E-state index in [1.165, 1.54) is 0 Å². The van der Waals surface area contributed by atoms with Gasteiger partial charge in [0.2, 0.25) is 11.8 Å². The van der Waals surface area contributed by atoms with Crippen LogP contribution in [0.15, 0.2) is 18.2 Å². The Kier molecular flexibility index (Phi) is 5.69. The van der Waals surface area contributed by atoms with Gasteiger partial charge in [0.1, 0.15) is 6.04 Å². The van der Waals surface area contributed by atoms with Gasteiger partial charge in [0, 0.05) is 37.1 Å². The number of nitrogens with zero attached hydrogens (tertiary/aromatic N) is 1. The summed E-state index contributed by atoms with van der Waals surface area (Å²) in [5.74, 6) is 5.31. The molecule has 2 heterocycles. The van der Waals surface area contributed by atoms with Crippen LogP contribution in [0.1, 0.15) is 60.0 Å². The summed E-state index contributed by atoms with van der Waals surface area (Å²) in [6, 6.07) is 4.97. The molecular weight excluding hydrogens is 332 g/mol. The minimum absolute atomic E-state index is 0.180. The normalized spacial score (nSPS) is 19.0. The fourth-order valence-electron chi connectivity index (χ4n) is 3.30. The van der Waals surface area contributed by atoms with Gasteiger partial charge in [-0.25, -0.2) is 0 Å². The SMILES string of the molecule is O=C1CCC(N2Cc3ccc(C#CCCCCCO)cc3C2=O)C(=O)N1. The van der Waals surface area contributed by atoms with Crippen LogP contribution in [0.25, 0.3) is 0 Å². The molecular formula is C20H22N2O4. The van der Waals surface area contributed by atoms with E-state index in [9.17, 15) is 14.4 Å². The number of hydrogen-bond donors (Lipinski definition) is 2. The van der Waals surface area contributed by atoms with Crippen molar-refractivity contribution in [1.82, 2.24) is 10.2 Å². The number of unbranched alkanes of at least 4 members (excludes halogenated alkanes) is 3. The number of aliphatic hydroxyl groups excluding tert-OH is 1. The molecule has 26 heavy (non-hydrogen) atoms. The Balaban J connectivity index is 1.66. The van der Waals surface area contributed by atoms with E-state index >= 15 is 0 Å². The number of amides is 3. The Hall–Kier alpha value is -2.65. The fourth-order valence-corrected chi connectivity index (χ4v) is 3.30. The fraction of sp³-hybridized carbons (Fsp3) is 0.450. The van der Waals surface area contributed by atoms with Crippen molar-refractivity contribution >= 4 is 17.7 Å². The molecule has 1 aromatic rings. The molecule has 3 amide bonds. The zero-order valence-electron chi connectivity index (χ0n) is 14.6. The molecule has 0 radical (unpaired) electrons. The highest BCUT2D eigenvalue weighted by Gasteiger charge is 2.38. The van der Waals surface area contributed by atoms with Crippen LogP contribution in [0.3, 0.4) is 0 Å². The highest BCUT2D eigenvalue weighted by Crippen LogP contribution is 2.28. The Morgan fingerprint density at radius 3 is 2.81 bits per heavy atom. The number of carbonyl (C=O) groups excluding carboxylic acids is 3. The summed E-state index contributed by atoms with van der Waals surface area (Å²) in [7, 11) is 0. The molecule has 3 rings (SSSR count). The van der Waals surface area contributed by atoms with Gasteiger partial charge in [0.05, 0.1) is 0 Å². The first kappa shape index (κ1) is 18.2. The molecule has 2 aliphatic rings. The zero-order valence-corrected chi connectivity index (χ0v) is 14.6. The predicted octanol–water partition coefficient (Wildman–Crippen LogP) is 1.35. The summed E-state index contributed by atoms with van der Waals surface area (Å²) in [5, 5.41) is 11.1. The molecule has 0 spiro atoms. The van der Waals surface area contributed by atoms with Gasteiger partial charge in [-0.2, -0.15) is 0 Å². The summed E-state index contributed by atoms with van der Waals surface area (Å²) in [5.41, 5.74) is 2.25. The van der Waals surface area contributed by atoms with Gasteiger partial charge < -0.3 is 10.0 Å². The third-order valence-corrected chi connectivity index (χ3v) is 4.72. The van der Waals surface area contributed by atoms with Gasteiger partial charge >= 0.3 is 0 Å². The van der Waals surface area contributed by atoms with E-state index in [1.54, 1.807) is 11.0 Å². The lowest BCUT2D eigenvalue weighted by atomic mass is 10.0. The highest BCUT2D eigenvalue weighted by atomic mass is 16.3. The third kappa shape index (κ3) is 3.94. The number of nitrogens with one attached hydrogen (secondary N) is 1. The van der Waals surface area contributed by atoms with E-state index in [2.05, 4.69) is 17.2 Å². The quantitative estimate of drug-likeness (QED) is 0.475. The maximum atomic E-state index is 12.7. The molecule has 0 aliphatic carbocycles. The zero-order chi connectivity index (χ0) is 18.5. The molecule has 1 fully saturated rings. The van der Waals surface area contributed by atoms with Gasteiger partial charge in [-0.1, -0.05) is 24.3 Å². The second-order valence-corrected chi connectivity index (χ2v) is 6.61. The third-order valence-electron chi connectivity index (χ3n) is 4.72. The van der Waals surface area contributed by atoms with Gasteiger partial charge in [-0.15, -0.1) is 0 Å². The molecule has 0 bridgehead atoms. The Morgan fingerprint density at radius 1 is 1.19 bits per heavy atom. The Bertz CT molecular complexity index is 791. The van der Waals surface area contributed by atoms with Crippen LogP contribution < -0.4 is 5.32 Å². The first-order valence-corrected chi connectivity index (χ1v) is 8.97. The smallest absolute Gasteiger partial charge is 0.255 e. The van der Waals surface area contributed by atoms with Crippen molar-refractivity contribution in [3.63, 3.8) is 0 Å². The van der Waals surface area contributed by atoms with Crippen LogP contribution >= 0.6 is 0 Å². The second-order valence-electron chi connectivity index (χ2n) is 6.61. The minimum atomic E-state index is -0.589. The number of fused-ring (bicyclic) bond motifs is 1. The van der Waals surface area contributed by atoms with Crippen LogP contribution in [0.4, 0.5) is 0 Å². The maximum Gasteiger partial charge on any atom is 0.255 e. The van der Waals surface area contributed by atoms with E-state index in [0.29, 0.717) is 18.5 Å². The summed E-state index contributed by atoms with van der Waals surface area (Å²) in [6.45, 7) is 0.597. The first-order chi connectivity index (χ1) is 12.6. The standard InChI is InChI=1S/C20H22N2O4/c23-11-5-3-1-2-4-6-14-7-8-15-13-22(20(26)16(15)12-14)17-9-10-18(24)21-19(17)25/h7-8,12,17,23H,1-3,5,9-11,13H2,(H,21,24,25). The Labute approximate surface area is 152 Å². The van der Waals surface area contributed by atoms with Crippen LogP contribution in [-0.2, 0) is 16.1 Å². The van der Waals surface area contributed by atoms with Crippen molar-refractivity contribution in [3.8, 4) is 11.8 Å². The summed E-state index contributed by atoms with van der Waals surface area (Å²) >= 11 is 0. The van der Waals surface area contributed by atoms with Crippen LogP contribution in [0.2, 0.25) is 0 Å². The van der Waals surface area contributed by atoms with E-state index in [-0.39, 0.29) is 24.8 Å². The number of piperidine rings is 1. The molecule has 6 nitrogen and oxygen atoms in total. The molecule has 1 saturated heterocycles. The lowest BCUT2D eigenvalue weighted by Gasteiger charge is -2.29. The van der Waals surface area contributed by atoms with Crippen molar-refractivity contribution in [2.45, 2.75) is 51.1 Å². The van der Waals surface area contributed by atoms with E-state index in [0.717, 1.165) is 36.8 Å². The lowest BCUT2D eigenvalue weighted by Crippen LogP contribution is -2.52.